The van der Waals surface area contributed by atoms with E-state index >= 15 is 0 Å². The summed E-state index contributed by atoms with van der Waals surface area (Å²) in [5.74, 6) is 0.685. The first-order valence-corrected chi connectivity index (χ1v) is 3.19. The molecule has 0 amide bonds. The highest BCUT2D eigenvalue weighted by molar-refractivity contribution is 5.52. The summed E-state index contributed by atoms with van der Waals surface area (Å²) < 4.78 is 5.23. The van der Waals surface area contributed by atoms with E-state index in [1.54, 1.807) is 6.20 Å². The zero-order valence-electron chi connectivity index (χ0n) is 5.42. The van der Waals surface area contributed by atoms with Crippen LogP contribution in [0.5, 0.6) is 5.88 Å². The molecule has 1 aliphatic rings. The normalized spacial score (nSPS) is 14.8. The van der Waals surface area contributed by atoms with E-state index in [1.807, 2.05) is 6.07 Å². The maximum absolute atomic E-state index is 5.23. The van der Waals surface area contributed by atoms with Crippen molar-refractivity contribution in [1.29, 1.82) is 0 Å². The van der Waals surface area contributed by atoms with Gasteiger partial charge in [-0.15, -0.1) is 0 Å². The van der Waals surface area contributed by atoms with Crippen molar-refractivity contribution < 1.29 is 4.74 Å². The van der Waals surface area contributed by atoms with Crippen LogP contribution >= 0.6 is 0 Å². The van der Waals surface area contributed by atoms with Crippen molar-refractivity contribution in [1.82, 2.24) is 4.98 Å². The van der Waals surface area contributed by atoms with Crippen molar-refractivity contribution in [2.75, 3.05) is 18.5 Å². The van der Waals surface area contributed by atoms with Gasteiger partial charge in [-0.05, 0) is 6.07 Å². The smallest absolute Gasteiger partial charge is 0.237 e. The Morgan fingerprint density at radius 3 is 3.60 bits per heavy atom. The van der Waals surface area contributed by atoms with Crippen LogP contribution < -0.4 is 10.1 Å². The summed E-state index contributed by atoms with van der Waals surface area (Å²) in [4.78, 5) is 3.98. The number of fused-ring (bicyclic) bond motifs is 1. The molecule has 0 aromatic carbocycles. The molecular weight excluding hydrogens is 128 g/mol. The Morgan fingerprint density at radius 1 is 1.70 bits per heavy atom. The van der Waals surface area contributed by atoms with Gasteiger partial charge in [-0.3, -0.25) is 0 Å². The van der Waals surface area contributed by atoms with Crippen LogP contribution in [0.25, 0.3) is 0 Å². The van der Waals surface area contributed by atoms with E-state index in [9.17, 15) is 0 Å². The summed E-state index contributed by atoms with van der Waals surface area (Å²) in [5, 5.41) is 3.14. The highest BCUT2D eigenvalue weighted by Gasteiger charge is 2.07. The number of ether oxygens (including phenoxy) is 1. The molecule has 0 aliphatic carbocycles. The standard InChI is InChI=1S/C7H7N2O/c1-2-6-7(9-3-1)10-5-4-8-6/h2-3,8H,4-5H2. The second kappa shape index (κ2) is 2.17. The van der Waals surface area contributed by atoms with Gasteiger partial charge in [-0.2, -0.15) is 0 Å². The van der Waals surface area contributed by atoms with Gasteiger partial charge in [0.05, 0.1) is 5.69 Å². The number of hydrogen-bond donors (Lipinski definition) is 1. The molecule has 0 bridgehead atoms. The highest BCUT2D eigenvalue weighted by atomic mass is 16.5. The van der Waals surface area contributed by atoms with Crippen LogP contribution in [0.4, 0.5) is 5.69 Å². The monoisotopic (exact) mass is 135 g/mol. The van der Waals surface area contributed by atoms with Crippen molar-refractivity contribution in [3.05, 3.63) is 18.3 Å². The Labute approximate surface area is 59.0 Å². The average Bonchev–Trinajstić information content (AvgIpc) is 2.05. The Balaban J connectivity index is 2.41. The first-order chi connectivity index (χ1) is 4.97. The van der Waals surface area contributed by atoms with E-state index in [1.165, 1.54) is 0 Å². The number of pyridine rings is 1. The molecule has 0 saturated carbocycles. The minimum absolute atomic E-state index is 0.685. The van der Waals surface area contributed by atoms with Gasteiger partial charge in [0.25, 0.3) is 0 Å². The predicted octanol–water partition coefficient (Wildman–Crippen LogP) is 0.686. The Kier molecular flexibility index (Phi) is 1.20. The van der Waals surface area contributed by atoms with Gasteiger partial charge in [0, 0.05) is 18.8 Å². The molecule has 3 nitrogen and oxygen atoms in total. The minimum Gasteiger partial charge on any atom is -0.474 e. The molecule has 0 fully saturated rings. The maximum atomic E-state index is 5.23. The average molecular weight is 135 g/mol. The summed E-state index contributed by atoms with van der Waals surface area (Å²) >= 11 is 0. The van der Waals surface area contributed by atoms with Gasteiger partial charge in [-0.25, -0.2) is 4.98 Å². The quantitative estimate of drug-likeness (QED) is 0.568. The third-order valence-corrected chi connectivity index (χ3v) is 1.37. The second-order valence-corrected chi connectivity index (χ2v) is 2.06. The van der Waals surface area contributed by atoms with Crippen molar-refractivity contribution >= 4 is 5.69 Å². The van der Waals surface area contributed by atoms with Crippen LogP contribution in [-0.4, -0.2) is 18.1 Å². The lowest BCUT2D eigenvalue weighted by Gasteiger charge is -2.16. The topological polar surface area (TPSA) is 34.2 Å². The molecule has 1 aromatic heterocycles. The third-order valence-electron chi connectivity index (χ3n) is 1.37. The molecule has 1 radical (unpaired) electrons. The first kappa shape index (κ1) is 5.53. The zero-order valence-corrected chi connectivity index (χ0v) is 5.42. The van der Waals surface area contributed by atoms with Gasteiger partial charge < -0.3 is 10.1 Å². The molecule has 0 saturated heterocycles. The molecule has 51 valence electrons. The zero-order chi connectivity index (χ0) is 6.81. The number of rotatable bonds is 0. The summed E-state index contributed by atoms with van der Waals surface area (Å²) in [6.07, 6.45) is 1.60. The van der Waals surface area contributed by atoms with Crippen LogP contribution in [0.15, 0.2) is 12.3 Å². The molecule has 0 atom stereocenters. The largest absolute Gasteiger partial charge is 0.474 e. The molecule has 3 heteroatoms. The summed E-state index contributed by atoms with van der Waals surface area (Å²) in [7, 11) is 0. The maximum Gasteiger partial charge on any atom is 0.237 e. The summed E-state index contributed by atoms with van der Waals surface area (Å²) in [6.45, 7) is 1.55. The summed E-state index contributed by atoms with van der Waals surface area (Å²) in [5.41, 5.74) is 0.939. The van der Waals surface area contributed by atoms with Gasteiger partial charge in [0.15, 0.2) is 0 Å². The van der Waals surface area contributed by atoms with Gasteiger partial charge >= 0.3 is 0 Å². The fourth-order valence-electron chi connectivity index (χ4n) is 0.923. The number of hydrogen-bond acceptors (Lipinski definition) is 3. The van der Waals surface area contributed by atoms with E-state index < -0.39 is 0 Å². The molecule has 0 spiro atoms. The Bertz CT molecular complexity index is 212. The second-order valence-electron chi connectivity index (χ2n) is 2.06. The van der Waals surface area contributed by atoms with Crippen LogP contribution in [0.3, 0.4) is 0 Å². The lowest BCUT2D eigenvalue weighted by molar-refractivity contribution is 0.310. The van der Waals surface area contributed by atoms with Gasteiger partial charge in [0.1, 0.15) is 6.61 Å². The van der Waals surface area contributed by atoms with Gasteiger partial charge in [0.2, 0.25) is 5.88 Å². The SMILES string of the molecule is [c]1cnc2c(c1)NCCO2. The van der Waals surface area contributed by atoms with Crippen LogP contribution in [0.1, 0.15) is 0 Å². The predicted molar refractivity (Wildman–Crippen MR) is 37.1 cm³/mol. The Hall–Kier alpha value is -1.25. The van der Waals surface area contributed by atoms with Crippen LogP contribution in [-0.2, 0) is 0 Å². The van der Waals surface area contributed by atoms with E-state index in [0.29, 0.717) is 12.5 Å². The van der Waals surface area contributed by atoms with Crippen LogP contribution in [0.2, 0.25) is 0 Å². The van der Waals surface area contributed by atoms with Crippen molar-refractivity contribution in [2.24, 2.45) is 0 Å². The molecular formula is C7H7N2O. The molecule has 10 heavy (non-hydrogen) atoms. The molecule has 1 N–H and O–H groups in total. The first-order valence-electron chi connectivity index (χ1n) is 3.19. The molecule has 0 unspecified atom stereocenters. The number of anilines is 1. The highest BCUT2D eigenvalue weighted by Crippen LogP contribution is 2.21. The van der Waals surface area contributed by atoms with Crippen molar-refractivity contribution in [2.45, 2.75) is 0 Å². The molecule has 1 aromatic rings. The molecule has 2 heterocycles. The fourth-order valence-corrected chi connectivity index (χ4v) is 0.923. The van der Waals surface area contributed by atoms with Gasteiger partial charge in [-0.1, -0.05) is 0 Å². The van der Waals surface area contributed by atoms with E-state index in [4.69, 9.17) is 4.74 Å². The number of aromatic nitrogens is 1. The Morgan fingerprint density at radius 2 is 2.70 bits per heavy atom. The van der Waals surface area contributed by atoms with Crippen molar-refractivity contribution in [3.63, 3.8) is 0 Å². The molecule has 2 rings (SSSR count). The van der Waals surface area contributed by atoms with Crippen molar-refractivity contribution in [3.8, 4) is 5.88 Å². The van der Waals surface area contributed by atoms with E-state index in [-0.39, 0.29) is 0 Å². The lowest BCUT2D eigenvalue weighted by Crippen LogP contribution is -2.18. The number of nitrogens with zero attached hydrogens (tertiary/aromatic N) is 1. The van der Waals surface area contributed by atoms with E-state index in [0.717, 1.165) is 12.2 Å². The van der Waals surface area contributed by atoms with Crippen LogP contribution in [0, 0.1) is 6.07 Å². The lowest BCUT2D eigenvalue weighted by atomic mass is 10.4. The summed E-state index contributed by atoms with van der Waals surface area (Å²) in [6, 6.07) is 4.70. The molecule has 1 aliphatic heterocycles. The third kappa shape index (κ3) is 0.795. The minimum atomic E-state index is 0.685. The fraction of sp³-hybridized carbons (Fsp3) is 0.286. The number of nitrogens with one attached hydrogen (secondary N) is 1. The van der Waals surface area contributed by atoms with E-state index in [2.05, 4.69) is 16.4 Å².